The number of halogens is 1. The summed E-state index contributed by atoms with van der Waals surface area (Å²) >= 11 is 6.79. The molecular formula is C21H20ClN7O4S2. The molecule has 0 bridgehead atoms. The number of rotatable bonds is 7. The number of aryl methyl sites for hydroxylation is 1. The second kappa shape index (κ2) is 9.70. The number of benzene rings is 1. The Kier molecular flexibility index (Phi) is 6.85. The number of hydrogen-bond acceptors (Lipinski definition) is 9. The number of carbonyl (C=O) groups excluding carboxylic acids is 1. The first-order valence-electron chi connectivity index (χ1n) is 10.1. The van der Waals surface area contributed by atoms with Gasteiger partial charge in [0.1, 0.15) is 10.7 Å². The highest BCUT2D eigenvalue weighted by molar-refractivity contribution is 7.92. The fraction of sp³-hybridized carbons (Fsp3) is 0.190. The highest BCUT2D eigenvalue weighted by Crippen LogP contribution is 2.28. The molecule has 0 saturated heterocycles. The zero-order valence-electron chi connectivity index (χ0n) is 18.8. The molecule has 3 aromatic heterocycles. The van der Waals surface area contributed by atoms with Gasteiger partial charge in [0.2, 0.25) is 0 Å². The minimum Gasteiger partial charge on any atom is -0.321 e. The number of fused-ring (bicyclic) bond motifs is 1. The number of nitrogens with zero attached hydrogens (tertiary/aromatic N) is 4. The van der Waals surface area contributed by atoms with Crippen LogP contribution in [0.5, 0.6) is 0 Å². The van der Waals surface area contributed by atoms with E-state index >= 15 is 0 Å². The molecule has 1 amide bonds. The van der Waals surface area contributed by atoms with Crippen LogP contribution in [0, 0.1) is 6.92 Å². The lowest BCUT2D eigenvalue weighted by Crippen LogP contribution is -2.18. The molecule has 4 aromatic rings. The Morgan fingerprint density at radius 1 is 1.14 bits per heavy atom. The summed E-state index contributed by atoms with van der Waals surface area (Å²) in [6.07, 6.45) is 0. The third kappa shape index (κ3) is 5.48. The van der Waals surface area contributed by atoms with Crippen molar-refractivity contribution in [3.05, 3.63) is 68.2 Å². The summed E-state index contributed by atoms with van der Waals surface area (Å²) in [6.45, 7) is 2.15. The van der Waals surface area contributed by atoms with Crippen LogP contribution >= 0.6 is 22.9 Å². The van der Waals surface area contributed by atoms with Gasteiger partial charge in [-0.25, -0.2) is 13.4 Å². The molecule has 35 heavy (non-hydrogen) atoms. The number of carbonyl (C=O) groups is 1. The van der Waals surface area contributed by atoms with Crippen molar-refractivity contribution in [1.82, 2.24) is 25.1 Å². The van der Waals surface area contributed by atoms with Crippen molar-refractivity contribution < 1.29 is 13.2 Å². The topological polar surface area (TPSA) is 150 Å². The number of amides is 1. The molecule has 3 heterocycles. The molecule has 14 heteroatoms. The molecule has 11 nitrogen and oxygen atoms in total. The largest absolute Gasteiger partial charge is 0.321 e. The third-order valence-electron chi connectivity index (χ3n) is 4.82. The molecule has 0 radical (unpaired) electrons. The molecule has 0 aliphatic carbocycles. The predicted molar refractivity (Wildman–Crippen MR) is 135 cm³/mol. The van der Waals surface area contributed by atoms with Crippen molar-refractivity contribution in [3.63, 3.8) is 0 Å². The van der Waals surface area contributed by atoms with Gasteiger partial charge in [-0.1, -0.05) is 11.6 Å². The van der Waals surface area contributed by atoms with E-state index in [0.29, 0.717) is 38.7 Å². The van der Waals surface area contributed by atoms with Crippen molar-refractivity contribution in [2.24, 2.45) is 0 Å². The lowest BCUT2D eigenvalue weighted by molar-refractivity contribution is 0.103. The summed E-state index contributed by atoms with van der Waals surface area (Å²) in [6, 6.07) is 8.41. The molecular weight excluding hydrogens is 514 g/mol. The molecule has 0 aliphatic heterocycles. The van der Waals surface area contributed by atoms with Crippen LogP contribution in [0.25, 0.3) is 10.2 Å². The molecule has 0 aliphatic rings. The van der Waals surface area contributed by atoms with Gasteiger partial charge >= 0.3 is 0 Å². The van der Waals surface area contributed by atoms with Crippen molar-refractivity contribution in [2.75, 3.05) is 24.1 Å². The normalized spacial score (nSPS) is 11.7. The molecule has 0 saturated carbocycles. The van der Waals surface area contributed by atoms with Gasteiger partial charge in [0.05, 0.1) is 21.7 Å². The van der Waals surface area contributed by atoms with Gasteiger partial charge in [0.15, 0.2) is 11.0 Å². The van der Waals surface area contributed by atoms with Crippen LogP contribution in [-0.2, 0) is 16.6 Å². The molecule has 182 valence electrons. The quantitative estimate of drug-likeness (QED) is 0.328. The zero-order chi connectivity index (χ0) is 25.3. The summed E-state index contributed by atoms with van der Waals surface area (Å²) in [5.41, 5.74) is 0.611. The molecule has 1 aromatic carbocycles. The minimum atomic E-state index is -3.92. The number of aromatic nitrogens is 4. The molecule has 0 atom stereocenters. The summed E-state index contributed by atoms with van der Waals surface area (Å²) < 4.78 is 27.4. The molecule has 0 fully saturated rings. The second-order valence-electron chi connectivity index (χ2n) is 7.81. The summed E-state index contributed by atoms with van der Waals surface area (Å²) in [7, 11) is -0.197. The first kappa shape index (κ1) is 24.7. The average molecular weight is 534 g/mol. The molecule has 0 spiro atoms. The first-order chi connectivity index (χ1) is 16.5. The predicted octanol–water partition coefficient (Wildman–Crippen LogP) is 2.85. The van der Waals surface area contributed by atoms with Gasteiger partial charge < -0.3 is 15.2 Å². The standard InChI is InChI=1S/C21H20ClN7O4S2/c1-11-17-19(30)24-16(10-29(2)3)25-21(17)34-18(11)20(31)23-12-4-6-13(7-5-12)35(32,33)28-15-9-8-14(22)26-27-15/h4-9H,10H2,1-3H3,(H,23,31)(H,27,28)(H,24,25,30). The lowest BCUT2D eigenvalue weighted by atomic mass is 10.2. The average Bonchev–Trinajstić information content (AvgIpc) is 3.12. The summed E-state index contributed by atoms with van der Waals surface area (Å²) in [4.78, 5) is 35.4. The maximum atomic E-state index is 12.9. The van der Waals surface area contributed by atoms with Crippen LogP contribution in [0.15, 0.2) is 46.1 Å². The van der Waals surface area contributed by atoms with E-state index in [-0.39, 0.29) is 21.4 Å². The Labute approximate surface area is 209 Å². The Bertz CT molecular complexity index is 1560. The third-order valence-corrected chi connectivity index (χ3v) is 7.57. The maximum absolute atomic E-state index is 12.9. The van der Waals surface area contributed by atoms with Crippen LogP contribution in [0.1, 0.15) is 21.1 Å². The van der Waals surface area contributed by atoms with Gasteiger partial charge in [0, 0.05) is 5.69 Å². The van der Waals surface area contributed by atoms with E-state index < -0.39 is 15.9 Å². The van der Waals surface area contributed by atoms with Crippen molar-refractivity contribution >= 4 is 60.6 Å². The number of aromatic amines is 1. The van der Waals surface area contributed by atoms with Crippen LogP contribution in [0.3, 0.4) is 0 Å². The van der Waals surface area contributed by atoms with Gasteiger partial charge in [-0.3, -0.25) is 14.3 Å². The number of anilines is 2. The SMILES string of the molecule is Cc1c(C(=O)Nc2ccc(S(=O)(=O)Nc3ccc(Cl)nn3)cc2)sc2nc(CN(C)C)[nH]c(=O)c12. The number of sulfonamides is 1. The van der Waals surface area contributed by atoms with E-state index in [1.165, 1.54) is 36.4 Å². The van der Waals surface area contributed by atoms with Crippen LogP contribution in [0.2, 0.25) is 5.15 Å². The van der Waals surface area contributed by atoms with E-state index in [1.54, 1.807) is 6.92 Å². The van der Waals surface area contributed by atoms with Crippen molar-refractivity contribution in [1.29, 1.82) is 0 Å². The van der Waals surface area contributed by atoms with Crippen LogP contribution in [-0.4, -0.2) is 53.5 Å². The maximum Gasteiger partial charge on any atom is 0.266 e. The van der Waals surface area contributed by atoms with Gasteiger partial charge in [-0.2, -0.15) is 0 Å². The van der Waals surface area contributed by atoms with E-state index in [2.05, 4.69) is 30.2 Å². The van der Waals surface area contributed by atoms with E-state index in [0.717, 1.165) is 11.3 Å². The fourth-order valence-corrected chi connectivity index (χ4v) is 5.44. The van der Waals surface area contributed by atoms with Gasteiger partial charge in [-0.05, 0) is 63.0 Å². The molecule has 0 unspecified atom stereocenters. The van der Waals surface area contributed by atoms with Crippen molar-refractivity contribution in [3.8, 4) is 0 Å². The number of hydrogen-bond donors (Lipinski definition) is 3. The first-order valence-corrected chi connectivity index (χ1v) is 12.8. The van der Waals surface area contributed by atoms with Crippen LogP contribution in [0.4, 0.5) is 11.5 Å². The summed E-state index contributed by atoms with van der Waals surface area (Å²) in [5.74, 6) is 0.101. The van der Waals surface area contributed by atoms with Crippen molar-refractivity contribution in [2.45, 2.75) is 18.4 Å². The fourth-order valence-electron chi connectivity index (χ4n) is 3.25. The van der Waals surface area contributed by atoms with Crippen LogP contribution < -0.4 is 15.6 Å². The van der Waals surface area contributed by atoms with E-state index in [1.807, 2.05) is 19.0 Å². The Morgan fingerprint density at radius 3 is 2.49 bits per heavy atom. The number of thiophene rings is 1. The van der Waals surface area contributed by atoms with E-state index in [4.69, 9.17) is 11.6 Å². The summed E-state index contributed by atoms with van der Waals surface area (Å²) in [5, 5.41) is 10.5. The Morgan fingerprint density at radius 2 is 1.86 bits per heavy atom. The highest BCUT2D eigenvalue weighted by Gasteiger charge is 2.20. The monoisotopic (exact) mass is 533 g/mol. The number of nitrogens with one attached hydrogen (secondary N) is 3. The molecule has 3 N–H and O–H groups in total. The highest BCUT2D eigenvalue weighted by atomic mass is 35.5. The molecule has 4 rings (SSSR count). The van der Waals surface area contributed by atoms with E-state index in [9.17, 15) is 18.0 Å². The van der Waals surface area contributed by atoms with Gasteiger partial charge in [0.25, 0.3) is 21.5 Å². The Balaban J connectivity index is 1.53. The zero-order valence-corrected chi connectivity index (χ0v) is 21.2. The number of H-pyrrole nitrogens is 1. The smallest absolute Gasteiger partial charge is 0.266 e. The Hall–Kier alpha value is -3.39. The van der Waals surface area contributed by atoms with Gasteiger partial charge in [-0.15, -0.1) is 21.5 Å². The lowest BCUT2D eigenvalue weighted by Gasteiger charge is -2.08. The minimum absolute atomic E-state index is 0.0179. The second-order valence-corrected chi connectivity index (χ2v) is 10.9.